The molecule has 0 aliphatic heterocycles. The van der Waals surface area contributed by atoms with E-state index in [0.717, 1.165) is 50.6 Å². The maximum atomic E-state index is 13.7. The van der Waals surface area contributed by atoms with Crippen molar-refractivity contribution in [2.24, 2.45) is 0 Å². The van der Waals surface area contributed by atoms with Gasteiger partial charge in [0.05, 0.1) is 11.0 Å². The Morgan fingerprint density at radius 1 is 0.281 bits per heavy atom. The van der Waals surface area contributed by atoms with Crippen LogP contribution in [-0.4, -0.2) is 4.57 Å². The van der Waals surface area contributed by atoms with Crippen LogP contribution in [0.2, 0.25) is 0 Å². The van der Waals surface area contributed by atoms with E-state index in [-0.39, 0.29) is 5.82 Å². The van der Waals surface area contributed by atoms with Gasteiger partial charge in [-0.05, 0) is 117 Å². The molecule has 0 saturated carbocycles. The van der Waals surface area contributed by atoms with Gasteiger partial charge in [-0.2, -0.15) is 0 Å². The van der Waals surface area contributed by atoms with E-state index in [1.54, 1.807) is 0 Å². The van der Waals surface area contributed by atoms with Crippen molar-refractivity contribution in [2.45, 2.75) is 0 Å². The van der Waals surface area contributed by atoms with E-state index in [4.69, 9.17) is 0 Å². The standard InChI is InChI=1S/C54H37FN2/c55-46-28-18-41(19-29-46)43-22-32-48(33-23-43)56(47-30-20-42(21-31-47)40-16-14-39(15-17-40)38-8-2-1-3-9-38)49-34-24-44(25-35-49)45-26-36-50(37-27-45)57-53-12-6-4-10-51(53)52-11-5-7-13-54(52)57/h1-37H. The Kier molecular flexibility index (Phi) is 8.74. The zero-order chi connectivity index (χ0) is 38.1. The van der Waals surface area contributed by atoms with Gasteiger partial charge in [-0.3, -0.25) is 0 Å². The lowest BCUT2D eigenvalue weighted by atomic mass is 10.00. The third-order valence-electron chi connectivity index (χ3n) is 10.9. The van der Waals surface area contributed by atoms with Gasteiger partial charge in [0.25, 0.3) is 0 Å². The van der Waals surface area contributed by atoms with E-state index in [1.165, 1.54) is 50.6 Å². The molecule has 0 amide bonds. The number of anilines is 3. The number of fused-ring (bicyclic) bond motifs is 3. The van der Waals surface area contributed by atoms with Gasteiger partial charge in [-0.25, -0.2) is 4.39 Å². The van der Waals surface area contributed by atoms with Crippen LogP contribution in [0.3, 0.4) is 0 Å². The van der Waals surface area contributed by atoms with E-state index in [2.05, 4.69) is 204 Å². The number of aromatic nitrogens is 1. The highest BCUT2D eigenvalue weighted by atomic mass is 19.1. The van der Waals surface area contributed by atoms with E-state index < -0.39 is 0 Å². The van der Waals surface area contributed by atoms with Crippen molar-refractivity contribution in [1.29, 1.82) is 0 Å². The number of hydrogen-bond donors (Lipinski definition) is 0. The summed E-state index contributed by atoms with van der Waals surface area (Å²) in [6.07, 6.45) is 0. The first-order valence-electron chi connectivity index (χ1n) is 19.3. The molecule has 0 atom stereocenters. The molecule has 3 heteroatoms. The first kappa shape index (κ1) is 34.0. The Hall–Kier alpha value is -7.49. The van der Waals surface area contributed by atoms with Crippen LogP contribution in [0.1, 0.15) is 0 Å². The smallest absolute Gasteiger partial charge is 0.123 e. The van der Waals surface area contributed by atoms with E-state index in [1.807, 2.05) is 18.2 Å². The normalized spacial score (nSPS) is 11.2. The molecule has 10 rings (SSSR count). The molecule has 270 valence electrons. The molecule has 57 heavy (non-hydrogen) atoms. The summed E-state index contributed by atoms with van der Waals surface area (Å²) in [6.45, 7) is 0. The van der Waals surface area contributed by atoms with Gasteiger partial charge in [0.2, 0.25) is 0 Å². The summed E-state index contributed by atoms with van der Waals surface area (Å²) in [7, 11) is 0. The molecule has 10 aromatic rings. The predicted molar refractivity (Wildman–Crippen MR) is 237 cm³/mol. The minimum absolute atomic E-state index is 0.236. The highest BCUT2D eigenvalue weighted by Gasteiger charge is 2.15. The van der Waals surface area contributed by atoms with E-state index >= 15 is 0 Å². The molecule has 0 spiro atoms. The van der Waals surface area contributed by atoms with Crippen molar-refractivity contribution in [3.05, 3.63) is 230 Å². The molecule has 1 aromatic heterocycles. The van der Waals surface area contributed by atoms with Crippen molar-refractivity contribution in [3.8, 4) is 50.2 Å². The quantitative estimate of drug-likeness (QED) is 0.151. The second-order valence-electron chi connectivity index (χ2n) is 14.3. The lowest BCUT2D eigenvalue weighted by Gasteiger charge is -2.26. The summed E-state index contributed by atoms with van der Waals surface area (Å²) in [5.74, 6) is -0.236. The number of halogens is 1. The fourth-order valence-electron chi connectivity index (χ4n) is 7.99. The minimum Gasteiger partial charge on any atom is -0.311 e. The number of para-hydroxylation sites is 2. The maximum absolute atomic E-state index is 13.7. The number of benzene rings is 9. The van der Waals surface area contributed by atoms with Crippen LogP contribution in [0.5, 0.6) is 0 Å². The van der Waals surface area contributed by atoms with Gasteiger partial charge < -0.3 is 9.47 Å². The molecule has 0 aliphatic rings. The zero-order valence-electron chi connectivity index (χ0n) is 31.1. The van der Waals surface area contributed by atoms with Crippen molar-refractivity contribution in [3.63, 3.8) is 0 Å². The van der Waals surface area contributed by atoms with Crippen molar-refractivity contribution in [1.82, 2.24) is 4.57 Å². The van der Waals surface area contributed by atoms with Crippen LogP contribution in [0.25, 0.3) is 72.0 Å². The van der Waals surface area contributed by atoms with Crippen molar-refractivity contribution < 1.29 is 4.39 Å². The fourth-order valence-corrected chi connectivity index (χ4v) is 7.99. The number of nitrogens with zero attached hydrogens (tertiary/aromatic N) is 2. The summed E-state index contributed by atoms with van der Waals surface area (Å²) in [4.78, 5) is 2.28. The van der Waals surface area contributed by atoms with Crippen LogP contribution < -0.4 is 4.90 Å². The molecule has 1 heterocycles. The average molecular weight is 733 g/mol. The second kappa shape index (κ2) is 14.6. The molecular weight excluding hydrogens is 696 g/mol. The van der Waals surface area contributed by atoms with Crippen LogP contribution in [0, 0.1) is 5.82 Å². The van der Waals surface area contributed by atoms with Crippen molar-refractivity contribution in [2.75, 3.05) is 4.90 Å². The second-order valence-corrected chi connectivity index (χ2v) is 14.3. The highest BCUT2D eigenvalue weighted by Crippen LogP contribution is 2.39. The molecule has 2 nitrogen and oxygen atoms in total. The molecule has 0 aliphatic carbocycles. The van der Waals surface area contributed by atoms with Gasteiger partial charge in [0.1, 0.15) is 5.82 Å². The summed E-state index contributed by atoms with van der Waals surface area (Å²) in [6, 6.07) is 78.0. The van der Waals surface area contributed by atoms with Gasteiger partial charge in [-0.15, -0.1) is 0 Å². The van der Waals surface area contributed by atoms with Gasteiger partial charge in [0.15, 0.2) is 0 Å². The monoisotopic (exact) mass is 732 g/mol. The molecule has 0 saturated heterocycles. The molecule has 9 aromatic carbocycles. The molecule has 0 N–H and O–H groups in total. The van der Waals surface area contributed by atoms with Crippen LogP contribution in [0.15, 0.2) is 224 Å². The third kappa shape index (κ3) is 6.56. The Bertz CT molecular complexity index is 2890. The summed E-state index contributed by atoms with van der Waals surface area (Å²) < 4.78 is 16.0. The largest absolute Gasteiger partial charge is 0.311 e. The number of hydrogen-bond acceptors (Lipinski definition) is 1. The summed E-state index contributed by atoms with van der Waals surface area (Å²) >= 11 is 0. The van der Waals surface area contributed by atoms with Gasteiger partial charge >= 0.3 is 0 Å². The lowest BCUT2D eigenvalue weighted by Crippen LogP contribution is -2.09. The summed E-state index contributed by atoms with van der Waals surface area (Å²) in [5, 5.41) is 2.52. The molecule has 0 bridgehead atoms. The van der Waals surface area contributed by atoms with Crippen molar-refractivity contribution >= 4 is 38.9 Å². The molecular formula is C54H37FN2. The third-order valence-corrected chi connectivity index (χ3v) is 10.9. The van der Waals surface area contributed by atoms with E-state index in [0.29, 0.717) is 0 Å². The van der Waals surface area contributed by atoms with Gasteiger partial charge in [0, 0.05) is 33.5 Å². The summed E-state index contributed by atoms with van der Waals surface area (Å²) in [5.41, 5.74) is 15.7. The molecule has 0 fully saturated rings. The highest BCUT2D eigenvalue weighted by molar-refractivity contribution is 6.09. The van der Waals surface area contributed by atoms with Crippen LogP contribution in [-0.2, 0) is 0 Å². The SMILES string of the molecule is Fc1ccc(-c2ccc(N(c3ccc(-c4ccc(-c5ccccc5)cc4)cc3)c3ccc(-c4ccc(-n5c6ccccc6c6ccccc65)cc4)cc3)cc2)cc1. The zero-order valence-corrected chi connectivity index (χ0v) is 31.1. The van der Waals surface area contributed by atoms with Crippen LogP contribution >= 0.6 is 0 Å². The predicted octanol–water partition coefficient (Wildman–Crippen LogP) is 15.1. The van der Waals surface area contributed by atoms with Gasteiger partial charge in [-0.1, -0.05) is 152 Å². The lowest BCUT2D eigenvalue weighted by molar-refractivity contribution is 0.628. The first-order valence-corrected chi connectivity index (χ1v) is 19.3. The Balaban J connectivity index is 0.968. The first-order chi connectivity index (χ1) is 28.2. The average Bonchev–Trinajstić information content (AvgIpc) is 3.62. The van der Waals surface area contributed by atoms with Crippen LogP contribution in [0.4, 0.5) is 21.5 Å². The molecule has 0 unspecified atom stereocenters. The Morgan fingerprint density at radius 2 is 0.579 bits per heavy atom. The molecule has 0 radical (unpaired) electrons. The van der Waals surface area contributed by atoms with E-state index in [9.17, 15) is 4.39 Å². The Labute approximate surface area is 332 Å². The minimum atomic E-state index is -0.236. The topological polar surface area (TPSA) is 8.17 Å². The fraction of sp³-hybridized carbons (Fsp3) is 0. The maximum Gasteiger partial charge on any atom is 0.123 e. The Morgan fingerprint density at radius 3 is 0.982 bits per heavy atom. The number of rotatable bonds is 8.